The van der Waals surface area contributed by atoms with Gasteiger partial charge in [-0.2, -0.15) is 5.10 Å². The topological polar surface area (TPSA) is 75.7 Å². The Kier molecular flexibility index (Phi) is 4.72. The van der Waals surface area contributed by atoms with Crippen LogP contribution in [0.5, 0.6) is 5.75 Å². The summed E-state index contributed by atoms with van der Waals surface area (Å²) in [5, 5.41) is 9.94. The van der Waals surface area contributed by atoms with Gasteiger partial charge in [0.15, 0.2) is 11.6 Å². The third-order valence-electron chi connectivity index (χ3n) is 2.48. The Morgan fingerprint density at radius 3 is 3.00 bits per heavy atom. The molecule has 2 aromatic rings. The smallest absolute Gasteiger partial charge is 0.168 e. The molecule has 2 N–H and O–H groups in total. The fourth-order valence-electron chi connectivity index (χ4n) is 1.69. The van der Waals surface area contributed by atoms with Gasteiger partial charge in [0.05, 0.1) is 6.10 Å². The number of aryl methyl sites for hydroxylation is 1. The van der Waals surface area contributed by atoms with Crippen molar-refractivity contribution in [1.82, 2.24) is 20.2 Å². The monoisotopic (exact) mass is 261 g/mol. The van der Waals surface area contributed by atoms with Crippen LogP contribution in [0.25, 0.3) is 0 Å². The van der Waals surface area contributed by atoms with Crippen LogP contribution in [-0.2, 0) is 6.42 Å². The molecule has 0 fully saturated rings. The molecule has 0 aliphatic heterocycles. The van der Waals surface area contributed by atoms with Crippen molar-refractivity contribution in [2.24, 2.45) is 0 Å². The Hall–Kier alpha value is -2.11. The molecule has 102 valence electrons. The van der Waals surface area contributed by atoms with E-state index in [1.165, 1.54) is 6.33 Å². The highest BCUT2D eigenvalue weighted by atomic mass is 16.5. The summed E-state index contributed by atoms with van der Waals surface area (Å²) in [4.78, 5) is 8.38. The lowest BCUT2D eigenvalue weighted by Gasteiger charge is -2.14. The van der Waals surface area contributed by atoms with Gasteiger partial charge in [0.1, 0.15) is 12.2 Å². The van der Waals surface area contributed by atoms with Crippen molar-refractivity contribution in [3.05, 3.63) is 30.5 Å². The number of ether oxygens (including phenoxy) is 1. The molecule has 0 atom stereocenters. The molecule has 0 aliphatic rings. The van der Waals surface area contributed by atoms with E-state index < -0.39 is 0 Å². The van der Waals surface area contributed by atoms with Gasteiger partial charge in [0.25, 0.3) is 0 Å². The Morgan fingerprint density at radius 1 is 1.37 bits per heavy atom. The largest absolute Gasteiger partial charge is 0.487 e. The summed E-state index contributed by atoms with van der Waals surface area (Å²) in [6, 6.07) is 3.79. The lowest BCUT2D eigenvalue weighted by atomic mass is 10.3. The molecule has 0 amide bonds. The van der Waals surface area contributed by atoms with E-state index in [0.717, 1.165) is 36.8 Å². The minimum Gasteiger partial charge on any atom is -0.487 e. The summed E-state index contributed by atoms with van der Waals surface area (Å²) >= 11 is 0. The van der Waals surface area contributed by atoms with E-state index in [1.54, 1.807) is 6.20 Å². The summed E-state index contributed by atoms with van der Waals surface area (Å²) in [5.41, 5.74) is 0. The molecule has 0 radical (unpaired) electrons. The van der Waals surface area contributed by atoms with E-state index in [2.05, 4.69) is 25.5 Å². The van der Waals surface area contributed by atoms with E-state index in [1.807, 2.05) is 26.0 Å². The van der Waals surface area contributed by atoms with Gasteiger partial charge in [0.2, 0.25) is 0 Å². The number of pyridine rings is 1. The summed E-state index contributed by atoms with van der Waals surface area (Å²) in [5.74, 6) is 2.48. The molecule has 0 aliphatic carbocycles. The highest BCUT2D eigenvalue weighted by Crippen LogP contribution is 2.21. The first-order valence-electron chi connectivity index (χ1n) is 6.45. The molecule has 0 saturated heterocycles. The number of nitrogens with zero attached hydrogens (tertiary/aromatic N) is 3. The summed E-state index contributed by atoms with van der Waals surface area (Å²) in [7, 11) is 0. The van der Waals surface area contributed by atoms with Crippen molar-refractivity contribution < 1.29 is 4.74 Å². The first-order valence-corrected chi connectivity index (χ1v) is 6.45. The van der Waals surface area contributed by atoms with Gasteiger partial charge in [-0.25, -0.2) is 9.97 Å². The first kappa shape index (κ1) is 13.3. The van der Waals surface area contributed by atoms with E-state index in [4.69, 9.17) is 4.74 Å². The average Bonchev–Trinajstić information content (AvgIpc) is 2.89. The SMILES string of the molecule is CC(C)Oc1cccnc1NCCCc1ncn[nH]1. The van der Waals surface area contributed by atoms with E-state index in [-0.39, 0.29) is 6.10 Å². The van der Waals surface area contributed by atoms with Crippen LogP contribution in [-0.4, -0.2) is 32.8 Å². The molecular weight excluding hydrogens is 242 g/mol. The second-order valence-electron chi connectivity index (χ2n) is 4.48. The molecule has 0 bridgehead atoms. The molecule has 2 heterocycles. The van der Waals surface area contributed by atoms with Gasteiger partial charge in [-0.1, -0.05) is 0 Å². The van der Waals surface area contributed by atoms with Crippen molar-refractivity contribution in [2.45, 2.75) is 32.8 Å². The average molecular weight is 261 g/mol. The number of hydrogen-bond acceptors (Lipinski definition) is 5. The maximum absolute atomic E-state index is 5.69. The van der Waals surface area contributed by atoms with Crippen molar-refractivity contribution in [1.29, 1.82) is 0 Å². The summed E-state index contributed by atoms with van der Waals surface area (Å²) in [6.07, 6.45) is 5.23. The minimum atomic E-state index is 0.138. The van der Waals surface area contributed by atoms with E-state index in [9.17, 15) is 0 Å². The first-order chi connectivity index (χ1) is 9.25. The van der Waals surface area contributed by atoms with Crippen LogP contribution in [0.3, 0.4) is 0 Å². The number of anilines is 1. The molecule has 0 unspecified atom stereocenters. The third kappa shape index (κ3) is 4.24. The molecule has 0 aromatic carbocycles. The molecular formula is C13H19N5O. The molecule has 0 saturated carbocycles. The number of nitrogens with one attached hydrogen (secondary N) is 2. The number of aromatic nitrogens is 4. The number of H-pyrrole nitrogens is 1. The Bertz CT molecular complexity index is 484. The number of hydrogen-bond donors (Lipinski definition) is 2. The van der Waals surface area contributed by atoms with E-state index >= 15 is 0 Å². The van der Waals surface area contributed by atoms with Crippen LogP contribution in [0.1, 0.15) is 26.1 Å². The lowest BCUT2D eigenvalue weighted by Crippen LogP contribution is -2.11. The molecule has 2 aromatic heterocycles. The van der Waals surface area contributed by atoms with Crippen LogP contribution in [0, 0.1) is 0 Å². The van der Waals surface area contributed by atoms with Crippen molar-refractivity contribution in [3.8, 4) is 5.75 Å². The Morgan fingerprint density at radius 2 is 2.26 bits per heavy atom. The standard InChI is InChI=1S/C13H19N5O/c1-10(2)19-11-5-3-7-14-13(11)15-8-4-6-12-16-9-17-18-12/h3,5,7,9-10H,4,6,8H2,1-2H3,(H,14,15)(H,16,17,18). The van der Waals surface area contributed by atoms with Gasteiger partial charge >= 0.3 is 0 Å². The van der Waals surface area contributed by atoms with Crippen LogP contribution in [0.4, 0.5) is 5.82 Å². The fraction of sp³-hybridized carbons (Fsp3) is 0.462. The second kappa shape index (κ2) is 6.72. The van der Waals surface area contributed by atoms with Gasteiger partial charge in [-0.05, 0) is 32.4 Å². The number of rotatable bonds is 7. The zero-order chi connectivity index (χ0) is 13.5. The Labute approximate surface area is 112 Å². The van der Waals surface area contributed by atoms with Crippen LogP contribution < -0.4 is 10.1 Å². The predicted octanol–water partition coefficient (Wildman–Crippen LogP) is 2.03. The normalized spacial score (nSPS) is 10.7. The van der Waals surface area contributed by atoms with Crippen LogP contribution in [0.2, 0.25) is 0 Å². The highest BCUT2D eigenvalue weighted by Gasteiger charge is 2.05. The van der Waals surface area contributed by atoms with Crippen LogP contribution >= 0.6 is 0 Å². The third-order valence-corrected chi connectivity index (χ3v) is 2.48. The summed E-state index contributed by atoms with van der Waals surface area (Å²) in [6.45, 7) is 4.81. The maximum atomic E-state index is 5.69. The van der Waals surface area contributed by atoms with Crippen molar-refractivity contribution >= 4 is 5.82 Å². The quantitative estimate of drug-likeness (QED) is 0.746. The zero-order valence-corrected chi connectivity index (χ0v) is 11.3. The minimum absolute atomic E-state index is 0.138. The molecule has 6 heteroatoms. The number of aromatic amines is 1. The molecule has 6 nitrogen and oxygen atoms in total. The van der Waals surface area contributed by atoms with Crippen molar-refractivity contribution in [2.75, 3.05) is 11.9 Å². The Balaban J connectivity index is 1.82. The second-order valence-corrected chi connectivity index (χ2v) is 4.48. The zero-order valence-electron chi connectivity index (χ0n) is 11.3. The molecule has 19 heavy (non-hydrogen) atoms. The van der Waals surface area contributed by atoms with Gasteiger partial charge in [0, 0.05) is 19.2 Å². The predicted molar refractivity (Wildman–Crippen MR) is 73.2 cm³/mol. The van der Waals surface area contributed by atoms with Gasteiger partial charge in [-0.3, -0.25) is 5.10 Å². The lowest BCUT2D eigenvalue weighted by molar-refractivity contribution is 0.243. The van der Waals surface area contributed by atoms with E-state index in [0.29, 0.717) is 0 Å². The maximum Gasteiger partial charge on any atom is 0.168 e. The van der Waals surface area contributed by atoms with Gasteiger partial charge < -0.3 is 10.1 Å². The summed E-state index contributed by atoms with van der Waals surface area (Å²) < 4.78 is 5.69. The van der Waals surface area contributed by atoms with Crippen LogP contribution in [0.15, 0.2) is 24.7 Å². The highest BCUT2D eigenvalue weighted by molar-refractivity contribution is 5.49. The fourth-order valence-corrected chi connectivity index (χ4v) is 1.69. The van der Waals surface area contributed by atoms with Gasteiger partial charge in [-0.15, -0.1) is 0 Å². The van der Waals surface area contributed by atoms with Crippen molar-refractivity contribution in [3.63, 3.8) is 0 Å². The molecule has 0 spiro atoms. The molecule has 2 rings (SSSR count).